The Balaban J connectivity index is 2.00. The molecule has 36 heavy (non-hydrogen) atoms. The first-order valence-electron chi connectivity index (χ1n) is 12.4. The summed E-state index contributed by atoms with van der Waals surface area (Å²) in [6.07, 6.45) is -1.48. The molecular weight excluding hydrogens is 464 g/mol. The summed E-state index contributed by atoms with van der Waals surface area (Å²) in [5, 5.41) is 9.62. The molecule has 11 nitrogen and oxygen atoms in total. The number of carbonyl (C=O) groups is 2. The van der Waals surface area contributed by atoms with Crippen molar-refractivity contribution in [3.8, 4) is 0 Å². The summed E-state index contributed by atoms with van der Waals surface area (Å²) in [5.41, 5.74) is 5.35. The maximum Gasteiger partial charge on any atom is 0.430 e. The first kappa shape index (κ1) is 28.0. The Morgan fingerprint density at radius 2 is 1.92 bits per heavy atom. The second-order valence-corrected chi connectivity index (χ2v) is 9.48. The lowest BCUT2D eigenvalue weighted by Gasteiger charge is -2.36. The maximum atomic E-state index is 13.3. The standard InChI is InChI=1S/C25H40N6O5/c1-17(2)36-25(33)30-20-12-13-26-24(35-15-14-29(4)5)21(20)22(31(30)28-18(3)16-34-6)27-23(32)19-10-8-7-9-11-19/h7-11,17-18,22,24,26,28H,12-16H2,1-6H3,(H,27,32). The molecule has 0 bridgehead atoms. The summed E-state index contributed by atoms with van der Waals surface area (Å²) in [5.74, 6) is -0.268. The van der Waals surface area contributed by atoms with Crippen LogP contribution in [0, 0.1) is 0 Å². The Morgan fingerprint density at radius 3 is 2.56 bits per heavy atom. The van der Waals surface area contributed by atoms with E-state index in [0.29, 0.717) is 31.7 Å². The summed E-state index contributed by atoms with van der Waals surface area (Å²) in [7, 11) is 5.57. The summed E-state index contributed by atoms with van der Waals surface area (Å²) < 4.78 is 17.1. The molecule has 3 unspecified atom stereocenters. The van der Waals surface area contributed by atoms with Crippen molar-refractivity contribution < 1.29 is 23.8 Å². The average Bonchev–Trinajstić information content (AvgIpc) is 3.12. The number of ether oxygens (including phenoxy) is 3. The molecule has 11 heteroatoms. The normalized spacial score (nSPS) is 21.2. The Morgan fingerprint density at radius 1 is 1.19 bits per heavy atom. The first-order chi connectivity index (χ1) is 17.2. The van der Waals surface area contributed by atoms with Crippen LogP contribution in [-0.4, -0.2) is 99.1 Å². The largest absolute Gasteiger partial charge is 0.445 e. The van der Waals surface area contributed by atoms with Gasteiger partial charge in [0.25, 0.3) is 5.91 Å². The minimum atomic E-state index is -0.705. The summed E-state index contributed by atoms with van der Waals surface area (Å²) in [6.45, 7) is 7.76. The van der Waals surface area contributed by atoms with Crippen molar-refractivity contribution in [2.75, 3.05) is 47.5 Å². The van der Waals surface area contributed by atoms with E-state index in [4.69, 9.17) is 14.2 Å². The third kappa shape index (κ3) is 7.02. The molecule has 1 aromatic carbocycles. The van der Waals surface area contributed by atoms with Gasteiger partial charge in [-0.25, -0.2) is 10.2 Å². The molecule has 2 aliphatic rings. The third-order valence-electron chi connectivity index (χ3n) is 5.72. The molecule has 0 saturated heterocycles. The number of methoxy groups -OCH3 is 1. The fraction of sp³-hybridized carbons (Fsp3) is 0.600. The number of hydrogen-bond acceptors (Lipinski definition) is 9. The number of hydrazine groups is 2. The molecule has 3 N–H and O–H groups in total. The van der Waals surface area contributed by atoms with Gasteiger partial charge in [-0.1, -0.05) is 18.2 Å². The van der Waals surface area contributed by atoms with Crippen molar-refractivity contribution in [1.82, 2.24) is 31.1 Å². The number of likely N-dealkylation sites (N-methyl/N-ethyl adjacent to an activating group) is 1. The molecule has 0 spiro atoms. The van der Waals surface area contributed by atoms with Crippen LogP contribution < -0.4 is 16.1 Å². The van der Waals surface area contributed by atoms with Crippen molar-refractivity contribution in [3.63, 3.8) is 0 Å². The molecular formula is C25H40N6O5. The van der Waals surface area contributed by atoms with Gasteiger partial charge in [0.1, 0.15) is 12.4 Å². The lowest BCUT2D eigenvalue weighted by atomic mass is 10.0. The van der Waals surface area contributed by atoms with E-state index in [1.54, 1.807) is 38.2 Å². The van der Waals surface area contributed by atoms with E-state index in [-0.39, 0.29) is 18.1 Å². The first-order valence-corrected chi connectivity index (χ1v) is 12.4. The molecule has 2 heterocycles. The number of benzene rings is 1. The van der Waals surface area contributed by atoms with E-state index in [0.717, 1.165) is 17.8 Å². The molecule has 0 radical (unpaired) electrons. The number of carbonyl (C=O) groups excluding carboxylic acids is 2. The molecule has 0 aromatic heterocycles. The van der Waals surface area contributed by atoms with Gasteiger partial charge in [-0.2, -0.15) is 5.01 Å². The Hall–Kier alpha value is -2.54. The predicted molar refractivity (Wildman–Crippen MR) is 135 cm³/mol. The maximum absolute atomic E-state index is 13.3. The van der Waals surface area contributed by atoms with Crippen molar-refractivity contribution in [1.29, 1.82) is 0 Å². The molecule has 3 rings (SSSR count). The summed E-state index contributed by atoms with van der Waals surface area (Å²) in [4.78, 5) is 28.7. The topological polar surface area (TPSA) is 108 Å². The van der Waals surface area contributed by atoms with Crippen LogP contribution in [0.5, 0.6) is 0 Å². The summed E-state index contributed by atoms with van der Waals surface area (Å²) >= 11 is 0. The van der Waals surface area contributed by atoms with Gasteiger partial charge < -0.3 is 24.4 Å². The molecule has 2 amide bonds. The van der Waals surface area contributed by atoms with Crippen LogP contribution in [0.3, 0.4) is 0 Å². The zero-order chi connectivity index (χ0) is 26.2. The third-order valence-corrected chi connectivity index (χ3v) is 5.72. The van der Waals surface area contributed by atoms with Crippen LogP contribution >= 0.6 is 0 Å². The lowest BCUT2D eigenvalue weighted by Crippen LogP contribution is -2.62. The lowest BCUT2D eigenvalue weighted by molar-refractivity contribution is -0.0682. The number of nitrogens with zero attached hydrogens (tertiary/aromatic N) is 3. The van der Waals surface area contributed by atoms with E-state index < -0.39 is 18.5 Å². The fourth-order valence-electron chi connectivity index (χ4n) is 4.17. The fourth-order valence-corrected chi connectivity index (χ4v) is 4.17. The van der Waals surface area contributed by atoms with Gasteiger partial charge in [-0.15, -0.1) is 5.12 Å². The van der Waals surface area contributed by atoms with E-state index in [9.17, 15) is 9.59 Å². The van der Waals surface area contributed by atoms with Crippen LogP contribution in [0.1, 0.15) is 37.6 Å². The van der Waals surface area contributed by atoms with Crippen molar-refractivity contribution >= 4 is 12.0 Å². The van der Waals surface area contributed by atoms with E-state index in [2.05, 4.69) is 16.1 Å². The number of rotatable bonds is 11. The van der Waals surface area contributed by atoms with Gasteiger partial charge in [0.05, 0.1) is 25.0 Å². The van der Waals surface area contributed by atoms with Crippen molar-refractivity contribution in [3.05, 3.63) is 47.2 Å². The number of hydrogen-bond donors (Lipinski definition) is 3. The van der Waals surface area contributed by atoms with Gasteiger partial charge in [0.15, 0.2) is 0 Å². The van der Waals surface area contributed by atoms with Gasteiger partial charge in [0, 0.05) is 43.8 Å². The Labute approximate surface area is 213 Å². The molecule has 1 aromatic rings. The van der Waals surface area contributed by atoms with Crippen LogP contribution in [0.25, 0.3) is 0 Å². The average molecular weight is 505 g/mol. The SMILES string of the molecule is COCC(C)NN1C(NC(=O)c2ccccc2)C2=C(CCNC2OCCN(C)C)N1C(=O)OC(C)C. The number of nitrogens with one attached hydrogen (secondary N) is 3. The Kier molecular flexibility index (Phi) is 10.2. The minimum Gasteiger partial charge on any atom is -0.445 e. The smallest absolute Gasteiger partial charge is 0.430 e. The van der Waals surface area contributed by atoms with E-state index >= 15 is 0 Å². The van der Waals surface area contributed by atoms with Crippen molar-refractivity contribution in [2.45, 2.75) is 51.7 Å². The van der Waals surface area contributed by atoms with Crippen LogP contribution in [0.15, 0.2) is 41.6 Å². The highest BCUT2D eigenvalue weighted by Gasteiger charge is 2.48. The summed E-state index contributed by atoms with van der Waals surface area (Å²) in [6, 6.07) is 8.82. The van der Waals surface area contributed by atoms with Crippen molar-refractivity contribution in [2.24, 2.45) is 0 Å². The van der Waals surface area contributed by atoms with Gasteiger partial charge in [-0.3, -0.25) is 10.1 Å². The predicted octanol–water partition coefficient (Wildman–Crippen LogP) is 1.51. The molecule has 3 atom stereocenters. The second kappa shape index (κ2) is 13.1. The Bertz CT molecular complexity index is 909. The molecule has 200 valence electrons. The van der Waals surface area contributed by atoms with E-state index in [1.807, 2.05) is 44.1 Å². The molecule has 0 aliphatic carbocycles. The highest BCUT2D eigenvalue weighted by Crippen LogP contribution is 2.35. The number of amides is 2. The molecule has 2 aliphatic heterocycles. The van der Waals surface area contributed by atoms with Gasteiger partial charge in [0.2, 0.25) is 0 Å². The van der Waals surface area contributed by atoms with Crippen LogP contribution in [-0.2, 0) is 14.2 Å². The second-order valence-electron chi connectivity index (χ2n) is 9.48. The minimum absolute atomic E-state index is 0.164. The highest BCUT2D eigenvalue weighted by molar-refractivity contribution is 5.94. The highest BCUT2D eigenvalue weighted by atomic mass is 16.6. The molecule has 0 fully saturated rings. The molecule has 0 saturated carbocycles. The quantitative estimate of drug-likeness (QED) is 0.413. The zero-order valence-electron chi connectivity index (χ0n) is 22.1. The van der Waals surface area contributed by atoms with Gasteiger partial charge in [-0.05, 0) is 47.0 Å². The van der Waals surface area contributed by atoms with Crippen LogP contribution in [0.2, 0.25) is 0 Å². The van der Waals surface area contributed by atoms with Crippen LogP contribution in [0.4, 0.5) is 4.79 Å². The zero-order valence-corrected chi connectivity index (χ0v) is 22.1. The monoisotopic (exact) mass is 504 g/mol. The van der Waals surface area contributed by atoms with Gasteiger partial charge >= 0.3 is 6.09 Å². The van der Waals surface area contributed by atoms with E-state index in [1.165, 1.54) is 5.01 Å².